The minimum atomic E-state index is -1.00. The van der Waals surface area contributed by atoms with E-state index in [-0.39, 0.29) is 5.56 Å². The van der Waals surface area contributed by atoms with Crippen molar-refractivity contribution in [1.29, 1.82) is 0 Å². The van der Waals surface area contributed by atoms with Gasteiger partial charge in [0.1, 0.15) is 6.61 Å². The molecule has 0 radical (unpaired) electrons. The number of halogens is 1. The molecule has 110 valence electrons. The van der Waals surface area contributed by atoms with E-state index < -0.39 is 5.97 Å². The predicted molar refractivity (Wildman–Crippen MR) is 80.4 cm³/mol. The van der Waals surface area contributed by atoms with E-state index in [9.17, 15) is 4.79 Å². The van der Waals surface area contributed by atoms with E-state index in [2.05, 4.69) is 0 Å². The van der Waals surface area contributed by atoms with Crippen LogP contribution >= 0.6 is 11.6 Å². The molecule has 0 amide bonds. The van der Waals surface area contributed by atoms with Crippen molar-refractivity contribution < 1.29 is 19.4 Å². The quantitative estimate of drug-likeness (QED) is 0.876. The van der Waals surface area contributed by atoms with Gasteiger partial charge in [0.2, 0.25) is 0 Å². The predicted octanol–water partition coefficient (Wildman–Crippen LogP) is 4.02. The highest BCUT2D eigenvalue weighted by molar-refractivity contribution is 6.30. The van der Waals surface area contributed by atoms with E-state index in [1.165, 1.54) is 12.1 Å². The summed E-state index contributed by atoms with van der Waals surface area (Å²) in [6.07, 6.45) is 0. The smallest absolute Gasteiger partial charge is 0.335 e. The molecule has 2 rings (SSSR count). The van der Waals surface area contributed by atoms with E-state index in [1.807, 2.05) is 25.1 Å². The molecule has 0 aliphatic rings. The molecular weight excluding hydrogens is 292 g/mol. The Morgan fingerprint density at radius 3 is 2.62 bits per heavy atom. The number of aromatic carboxylic acids is 1. The highest BCUT2D eigenvalue weighted by Crippen LogP contribution is 2.29. The first-order valence-corrected chi connectivity index (χ1v) is 6.85. The highest BCUT2D eigenvalue weighted by Gasteiger charge is 2.10. The van der Waals surface area contributed by atoms with Gasteiger partial charge in [-0.2, -0.15) is 0 Å². The van der Waals surface area contributed by atoms with Crippen LogP contribution in [-0.2, 0) is 6.61 Å². The molecule has 2 aromatic rings. The third kappa shape index (κ3) is 4.13. The molecule has 2 aromatic carbocycles. The SMILES string of the molecule is CCOc1cc(C(=O)O)ccc1OCc1cccc(Cl)c1. The number of benzene rings is 2. The summed E-state index contributed by atoms with van der Waals surface area (Å²) >= 11 is 5.92. The third-order valence-electron chi connectivity index (χ3n) is 2.77. The van der Waals surface area contributed by atoms with Crippen molar-refractivity contribution in [2.75, 3.05) is 6.61 Å². The second-order valence-electron chi connectivity index (χ2n) is 4.32. The maximum Gasteiger partial charge on any atom is 0.335 e. The molecule has 0 bridgehead atoms. The first kappa shape index (κ1) is 15.2. The van der Waals surface area contributed by atoms with E-state index >= 15 is 0 Å². The summed E-state index contributed by atoms with van der Waals surface area (Å²) in [5, 5.41) is 9.64. The number of hydrogen-bond acceptors (Lipinski definition) is 3. The van der Waals surface area contributed by atoms with Gasteiger partial charge in [-0.05, 0) is 42.8 Å². The Morgan fingerprint density at radius 1 is 1.14 bits per heavy atom. The second-order valence-corrected chi connectivity index (χ2v) is 4.75. The molecule has 0 aliphatic heterocycles. The normalized spacial score (nSPS) is 10.2. The zero-order chi connectivity index (χ0) is 15.2. The van der Waals surface area contributed by atoms with Crippen molar-refractivity contribution in [2.45, 2.75) is 13.5 Å². The fraction of sp³-hybridized carbons (Fsp3) is 0.188. The molecule has 1 N–H and O–H groups in total. The van der Waals surface area contributed by atoms with Gasteiger partial charge in [-0.3, -0.25) is 0 Å². The third-order valence-corrected chi connectivity index (χ3v) is 3.01. The lowest BCUT2D eigenvalue weighted by atomic mass is 10.2. The summed E-state index contributed by atoms with van der Waals surface area (Å²) in [6.45, 7) is 2.58. The van der Waals surface area contributed by atoms with Crippen molar-refractivity contribution in [1.82, 2.24) is 0 Å². The number of ether oxygens (including phenoxy) is 2. The topological polar surface area (TPSA) is 55.8 Å². The molecular formula is C16H15ClO4. The number of carboxylic acid groups (broad SMARTS) is 1. The second kappa shape index (κ2) is 6.99. The van der Waals surface area contributed by atoms with Gasteiger partial charge >= 0.3 is 5.97 Å². The van der Waals surface area contributed by atoms with Crippen molar-refractivity contribution in [3.63, 3.8) is 0 Å². The molecule has 4 nitrogen and oxygen atoms in total. The van der Waals surface area contributed by atoms with Crippen LogP contribution in [0.5, 0.6) is 11.5 Å². The molecule has 0 saturated carbocycles. The number of carbonyl (C=O) groups is 1. The van der Waals surface area contributed by atoms with Gasteiger partial charge in [0.05, 0.1) is 12.2 Å². The maximum absolute atomic E-state index is 11.0. The van der Waals surface area contributed by atoms with Crippen LogP contribution < -0.4 is 9.47 Å². The van der Waals surface area contributed by atoms with Gasteiger partial charge in [0, 0.05) is 5.02 Å². The zero-order valence-electron chi connectivity index (χ0n) is 11.5. The Kier molecular flexibility index (Phi) is 5.06. The molecule has 0 fully saturated rings. The zero-order valence-corrected chi connectivity index (χ0v) is 12.3. The highest BCUT2D eigenvalue weighted by atomic mass is 35.5. The van der Waals surface area contributed by atoms with E-state index in [0.29, 0.717) is 29.7 Å². The van der Waals surface area contributed by atoms with Crippen LogP contribution in [0.1, 0.15) is 22.8 Å². The summed E-state index contributed by atoms with van der Waals surface area (Å²) in [7, 11) is 0. The summed E-state index contributed by atoms with van der Waals surface area (Å²) < 4.78 is 11.1. The lowest BCUT2D eigenvalue weighted by Gasteiger charge is -2.12. The summed E-state index contributed by atoms with van der Waals surface area (Å²) in [5.41, 5.74) is 1.08. The Balaban J connectivity index is 2.16. The van der Waals surface area contributed by atoms with Crippen molar-refractivity contribution in [3.05, 3.63) is 58.6 Å². The monoisotopic (exact) mass is 306 g/mol. The van der Waals surface area contributed by atoms with E-state index in [0.717, 1.165) is 5.56 Å². The molecule has 0 heterocycles. The lowest BCUT2D eigenvalue weighted by molar-refractivity contribution is 0.0696. The number of rotatable bonds is 6. The first-order chi connectivity index (χ1) is 10.1. The van der Waals surface area contributed by atoms with Gasteiger partial charge in [-0.25, -0.2) is 4.79 Å². The van der Waals surface area contributed by atoms with Crippen LogP contribution in [0.4, 0.5) is 0 Å². The summed E-state index contributed by atoms with van der Waals surface area (Å²) in [4.78, 5) is 11.0. The van der Waals surface area contributed by atoms with E-state index in [4.69, 9.17) is 26.2 Å². The average Bonchev–Trinajstić information content (AvgIpc) is 2.46. The Hall–Kier alpha value is -2.20. The van der Waals surface area contributed by atoms with Crippen LogP contribution in [0.2, 0.25) is 5.02 Å². The lowest BCUT2D eigenvalue weighted by Crippen LogP contribution is -2.02. The standard InChI is InChI=1S/C16H15ClO4/c1-2-20-15-9-12(16(18)19)6-7-14(15)21-10-11-4-3-5-13(17)8-11/h3-9H,2,10H2,1H3,(H,18,19). The number of hydrogen-bond donors (Lipinski definition) is 1. The number of carboxylic acids is 1. The van der Waals surface area contributed by atoms with Crippen molar-refractivity contribution in [2.24, 2.45) is 0 Å². The Bertz CT molecular complexity index is 640. The van der Waals surface area contributed by atoms with E-state index in [1.54, 1.807) is 12.1 Å². The summed E-state index contributed by atoms with van der Waals surface area (Å²) in [6, 6.07) is 11.9. The minimum absolute atomic E-state index is 0.161. The van der Waals surface area contributed by atoms with Gasteiger partial charge in [-0.15, -0.1) is 0 Å². The van der Waals surface area contributed by atoms with Crippen molar-refractivity contribution >= 4 is 17.6 Å². The molecule has 0 aromatic heterocycles. The molecule has 0 spiro atoms. The fourth-order valence-electron chi connectivity index (χ4n) is 1.82. The Morgan fingerprint density at radius 2 is 1.95 bits per heavy atom. The molecule has 21 heavy (non-hydrogen) atoms. The van der Waals surface area contributed by atoms with Crippen LogP contribution in [0.15, 0.2) is 42.5 Å². The molecule has 0 aliphatic carbocycles. The first-order valence-electron chi connectivity index (χ1n) is 6.47. The van der Waals surface area contributed by atoms with Gasteiger partial charge in [-0.1, -0.05) is 23.7 Å². The van der Waals surface area contributed by atoms with Crippen LogP contribution in [0.3, 0.4) is 0 Å². The minimum Gasteiger partial charge on any atom is -0.490 e. The van der Waals surface area contributed by atoms with Crippen LogP contribution in [0, 0.1) is 0 Å². The molecule has 0 atom stereocenters. The van der Waals surface area contributed by atoms with Crippen LogP contribution in [-0.4, -0.2) is 17.7 Å². The van der Waals surface area contributed by atoms with Crippen LogP contribution in [0.25, 0.3) is 0 Å². The molecule has 0 unspecified atom stereocenters. The maximum atomic E-state index is 11.0. The van der Waals surface area contributed by atoms with Gasteiger partial charge in [0.15, 0.2) is 11.5 Å². The van der Waals surface area contributed by atoms with Gasteiger partial charge in [0.25, 0.3) is 0 Å². The molecule has 5 heteroatoms. The molecule has 0 saturated heterocycles. The Labute approximate surface area is 127 Å². The van der Waals surface area contributed by atoms with Gasteiger partial charge < -0.3 is 14.6 Å². The van der Waals surface area contributed by atoms with Crippen molar-refractivity contribution in [3.8, 4) is 11.5 Å². The largest absolute Gasteiger partial charge is 0.490 e. The fourth-order valence-corrected chi connectivity index (χ4v) is 2.03. The average molecular weight is 307 g/mol. The summed E-state index contributed by atoms with van der Waals surface area (Å²) in [5.74, 6) is -0.0846.